The molecule has 1 heterocycles. The third-order valence-corrected chi connectivity index (χ3v) is 4.47. The van der Waals surface area contributed by atoms with E-state index in [0.717, 1.165) is 11.4 Å². The van der Waals surface area contributed by atoms with Gasteiger partial charge in [-0.25, -0.2) is 4.79 Å². The van der Waals surface area contributed by atoms with E-state index in [1.165, 1.54) is 0 Å². The molecular weight excluding hydrogens is 353 g/mol. The van der Waals surface area contributed by atoms with Crippen molar-refractivity contribution < 1.29 is 14.6 Å². The molecule has 1 atom stereocenters. The van der Waals surface area contributed by atoms with Crippen molar-refractivity contribution in [3.63, 3.8) is 0 Å². The summed E-state index contributed by atoms with van der Waals surface area (Å²) in [5, 5.41) is 13.2. The van der Waals surface area contributed by atoms with E-state index in [9.17, 15) is 9.90 Å². The molecule has 1 aliphatic heterocycles. The molecule has 1 unspecified atom stereocenters. The normalized spacial score (nSPS) is 16.0. The number of ether oxygens (including phenoxy) is 1. The molecule has 0 aliphatic carbocycles. The van der Waals surface area contributed by atoms with Crippen LogP contribution in [-0.4, -0.2) is 67.4 Å². The Kier molecular flexibility index (Phi) is 7.27. The first-order valence-electron chi connectivity index (χ1n) is 7.99. The quantitative estimate of drug-likeness (QED) is 0.748. The van der Waals surface area contributed by atoms with Crippen molar-refractivity contribution in [2.24, 2.45) is 0 Å². The van der Waals surface area contributed by atoms with Crippen LogP contribution in [-0.2, 0) is 4.74 Å². The van der Waals surface area contributed by atoms with Crippen LogP contribution in [0.5, 0.6) is 0 Å². The van der Waals surface area contributed by atoms with Gasteiger partial charge in [0, 0.05) is 38.4 Å². The number of rotatable bonds is 6. The number of benzene rings is 1. The average molecular weight is 376 g/mol. The second-order valence-corrected chi connectivity index (χ2v) is 6.24. The fourth-order valence-corrected chi connectivity index (χ4v) is 2.92. The molecule has 1 aromatic rings. The highest BCUT2D eigenvalue weighted by molar-refractivity contribution is 6.33. The zero-order chi connectivity index (χ0) is 17.5. The second-order valence-electron chi connectivity index (χ2n) is 5.53. The van der Waals surface area contributed by atoms with Gasteiger partial charge < -0.3 is 25.0 Å². The highest BCUT2D eigenvalue weighted by Crippen LogP contribution is 2.29. The van der Waals surface area contributed by atoms with Crippen molar-refractivity contribution in [1.82, 2.24) is 4.90 Å². The van der Waals surface area contributed by atoms with E-state index >= 15 is 0 Å². The van der Waals surface area contributed by atoms with Crippen LogP contribution in [0.2, 0.25) is 5.02 Å². The molecule has 6 nitrogen and oxygen atoms in total. The number of anilines is 2. The van der Waals surface area contributed by atoms with Gasteiger partial charge in [0.2, 0.25) is 0 Å². The van der Waals surface area contributed by atoms with Crippen LogP contribution in [0.25, 0.3) is 0 Å². The van der Waals surface area contributed by atoms with Crippen LogP contribution >= 0.6 is 23.2 Å². The average Bonchev–Trinajstić information content (AvgIpc) is 2.60. The summed E-state index contributed by atoms with van der Waals surface area (Å²) in [5.41, 5.74) is 1.77. The van der Waals surface area contributed by atoms with Crippen molar-refractivity contribution in [3.05, 3.63) is 23.2 Å². The van der Waals surface area contributed by atoms with Crippen LogP contribution in [0, 0.1) is 0 Å². The molecule has 0 aromatic heterocycles. The van der Waals surface area contributed by atoms with Gasteiger partial charge in [0.05, 0.1) is 29.3 Å². The molecule has 0 radical (unpaired) electrons. The lowest BCUT2D eigenvalue weighted by atomic mass is 10.2. The summed E-state index contributed by atoms with van der Waals surface area (Å²) >= 11 is 12.0. The van der Waals surface area contributed by atoms with E-state index in [1.54, 1.807) is 11.8 Å². The number of carbonyl (C=O) groups is 1. The topological polar surface area (TPSA) is 65.0 Å². The Morgan fingerprint density at radius 2 is 2.08 bits per heavy atom. The molecule has 1 fully saturated rings. The van der Waals surface area contributed by atoms with E-state index in [4.69, 9.17) is 27.9 Å². The van der Waals surface area contributed by atoms with Crippen LogP contribution in [0.15, 0.2) is 18.2 Å². The van der Waals surface area contributed by atoms with E-state index < -0.39 is 6.10 Å². The predicted molar refractivity (Wildman–Crippen MR) is 97.5 cm³/mol. The van der Waals surface area contributed by atoms with E-state index in [2.05, 4.69) is 10.2 Å². The third kappa shape index (κ3) is 5.06. The molecular formula is C16H23Cl2N3O3. The van der Waals surface area contributed by atoms with Crippen molar-refractivity contribution in [3.8, 4) is 0 Å². The second kappa shape index (κ2) is 9.20. The molecule has 2 N–H and O–H groups in total. The Labute approximate surface area is 152 Å². The highest BCUT2D eigenvalue weighted by atomic mass is 35.5. The number of alkyl halides is 1. The van der Waals surface area contributed by atoms with Crippen LogP contribution < -0.4 is 10.2 Å². The molecule has 8 heteroatoms. The number of aliphatic hydroxyl groups excluding tert-OH is 1. The van der Waals surface area contributed by atoms with Crippen molar-refractivity contribution in [1.29, 1.82) is 0 Å². The Bertz CT molecular complexity index is 551. The fraction of sp³-hybridized carbons (Fsp3) is 0.562. The van der Waals surface area contributed by atoms with Crippen molar-refractivity contribution in [2.45, 2.75) is 13.0 Å². The molecule has 134 valence electrons. The van der Waals surface area contributed by atoms with Crippen molar-refractivity contribution >= 4 is 40.7 Å². The SMILES string of the molecule is CCOC(=O)N1CCN(c2ccc(NCC(O)CCl)cc2Cl)CC1. The summed E-state index contributed by atoms with van der Waals surface area (Å²) in [6, 6.07) is 5.69. The molecule has 0 bridgehead atoms. The number of nitrogens with zero attached hydrogens (tertiary/aromatic N) is 2. The van der Waals surface area contributed by atoms with Crippen molar-refractivity contribution in [2.75, 3.05) is 55.4 Å². The van der Waals surface area contributed by atoms with Gasteiger partial charge in [-0.2, -0.15) is 0 Å². The van der Waals surface area contributed by atoms with Gasteiger partial charge in [0.1, 0.15) is 0 Å². The van der Waals surface area contributed by atoms with Gasteiger partial charge in [-0.05, 0) is 25.1 Å². The molecule has 1 aromatic carbocycles. The fourth-order valence-electron chi connectivity index (χ4n) is 2.51. The van der Waals surface area contributed by atoms with Crippen LogP contribution in [0.4, 0.5) is 16.2 Å². The minimum absolute atomic E-state index is 0.184. The Morgan fingerprint density at radius 1 is 1.38 bits per heavy atom. The number of halogens is 2. The minimum atomic E-state index is -0.596. The lowest BCUT2D eigenvalue weighted by Crippen LogP contribution is -2.49. The first-order valence-corrected chi connectivity index (χ1v) is 8.90. The molecule has 24 heavy (non-hydrogen) atoms. The Morgan fingerprint density at radius 3 is 2.67 bits per heavy atom. The molecule has 0 spiro atoms. The van der Waals surface area contributed by atoms with Gasteiger partial charge in [0.15, 0.2) is 0 Å². The number of amides is 1. The van der Waals surface area contributed by atoms with Crippen LogP contribution in [0.1, 0.15) is 6.92 Å². The molecule has 1 aliphatic rings. The van der Waals surface area contributed by atoms with Gasteiger partial charge in [0.25, 0.3) is 0 Å². The number of hydrogen-bond acceptors (Lipinski definition) is 5. The Hall–Kier alpha value is -1.37. The van der Waals surface area contributed by atoms with Gasteiger partial charge in [-0.1, -0.05) is 11.6 Å². The number of nitrogens with one attached hydrogen (secondary N) is 1. The maximum Gasteiger partial charge on any atom is 0.409 e. The summed E-state index contributed by atoms with van der Waals surface area (Å²) in [5.74, 6) is 0.184. The van der Waals surface area contributed by atoms with E-state index in [0.29, 0.717) is 44.4 Å². The molecule has 2 rings (SSSR count). The maximum atomic E-state index is 11.7. The largest absolute Gasteiger partial charge is 0.450 e. The standard InChI is InChI=1S/C16H23Cl2N3O3/c1-2-24-16(23)21-7-5-20(6-8-21)15-4-3-12(9-14(15)18)19-11-13(22)10-17/h3-4,9,13,19,22H,2,5-8,10-11H2,1H3. The molecule has 1 amide bonds. The number of piperazine rings is 1. The molecule has 0 saturated carbocycles. The van der Waals surface area contributed by atoms with Gasteiger partial charge in [-0.3, -0.25) is 0 Å². The smallest absolute Gasteiger partial charge is 0.409 e. The van der Waals surface area contributed by atoms with Gasteiger partial charge >= 0.3 is 6.09 Å². The summed E-state index contributed by atoms with van der Waals surface area (Å²) in [6.07, 6.45) is -0.860. The highest BCUT2D eigenvalue weighted by Gasteiger charge is 2.23. The maximum absolute atomic E-state index is 11.7. The van der Waals surface area contributed by atoms with Gasteiger partial charge in [-0.15, -0.1) is 11.6 Å². The predicted octanol–water partition coefficient (Wildman–Crippen LogP) is 2.63. The zero-order valence-electron chi connectivity index (χ0n) is 13.7. The monoisotopic (exact) mass is 375 g/mol. The first kappa shape index (κ1) is 19.0. The lowest BCUT2D eigenvalue weighted by Gasteiger charge is -2.35. The summed E-state index contributed by atoms with van der Waals surface area (Å²) < 4.78 is 5.02. The van der Waals surface area contributed by atoms with Crippen LogP contribution in [0.3, 0.4) is 0 Å². The lowest BCUT2D eigenvalue weighted by molar-refractivity contribution is 0.105. The Balaban J connectivity index is 1.92. The third-order valence-electron chi connectivity index (χ3n) is 3.81. The first-order chi connectivity index (χ1) is 11.5. The summed E-state index contributed by atoms with van der Waals surface area (Å²) in [6.45, 7) is 5.19. The van der Waals surface area contributed by atoms with E-state index in [-0.39, 0.29) is 12.0 Å². The van der Waals surface area contributed by atoms with E-state index in [1.807, 2.05) is 18.2 Å². The molecule has 1 saturated heterocycles. The number of hydrogen-bond donors (Lipinski definition) is 2. The zero-order valence-corrected chi connectivity index (χ0v) is 15.2. The number of carbonyl (C=O) groups excluding carboxylic acids is 1. The number of aliphatic hydroxyl groups is 1. The summed E-state index contributed by atoms with van der Waals surface area (Å²) in [4.78, 5) is 15.6. The minimum Gasteiger partial charge on any atom is -0.450 e. The summed E-state index contributed by atoms with van der Waals surface area (Å²) in [7, 11) is 0.